The quantitative estimate of drug-likeness (QED) is 0.331. The maximum atomic E-state index is 15.4. The van der Waals surface area contributed by atoms with Crippen LogP contribution in [0.15, 0.2) is 36.4 Å². The fourth-order valence-corrected chi connectivity index (χ4v) is 5.34. The number of aliphatic hydroxyl groups is 1. The van der Waals surface area contributed by atoms with E-state index in [2.05, 4.69) is 10.6 Å². The van der Waals surface area contributed by atoms with Crippen molar-refractivity contribution < 1.29 is 28.6 Å². The van der Waals surface area contributed by atoms with Gasteiger partial charge in [-0.15, -0.1) is 0 Å². The van der Waals surface area contributed by atoms with Crippen molar-refractivity contribution in [2.24, 2.45) is 5.92 Å². The van der Waals surface area contributed by atoms with E-state index in [0.717, 1.165) is 6.54 Å². The monoisotopic (exact) mass is 517 g/mol. The zero-order valence-corrected chi connectivity index (χ0v) is 21.5. The van der Waals surface area contributed by atoms with Crippen LogP contribution in [0.1, 0.15) is 49.7 Å². The number of rotatable bonds is 11. The van der Waals surface area contributed by atoms with E-state index in [1.54, 1.807) is 24.0 Å². The first-order valence-corrected chi connectivity index (χ1v) is 12.8. The molecule has 1 fully saturated rings. The minimum absolute atomic E-state index is 0.00932. The second-order valence-corrected chi connectivity index (χ2v) is 9.83. The molecule has 0 aliphatic carbocycles. The van der Waals surface area contributed by atoms with Gasteiger partial charge in [0.1, 0.15) is 11.6 Å². The molecule has 37 heavy (non-hydrogen) atoms. The molecule has 2 amide bonds. The highest BCUT2D eigenvalue weighted by Crippen LogP contribution is 2.44. The zero-order chi connectivity index (χ0) is 27.0. The second kappa shape index (κ2) is 13.0. The van der Waals surface area contributed by atoms with Gasteiger partial charge in [0.2, 0.25) is 5.91 Å². The van der Waals surface area contributed by atoms with Gasteiger partial charge in [0.15, 0.2) is 0 Å². The Labute approximate surface area is 216 Å². The summed E-state index contributed by atoms with van der Waals surface area (Å²) in [4.78, 5) is 25.6. The number of nitrogens with one attached hydrogen (secondary N) is 2. The van der Waals surface area contributed by atoms with E-state index in [-0.39, 0.29) is 24.4 Å². The van der Waals surface area contributed by atoms with Gasteiger partial charge in [0.05, 0.1) is 5.60 Å². The first-order chi connectivity index (χ1) is 17.7. The zero-order valence-electron chi connectivity index (χ0n) is 21.5. The van der Waals surface area contributed by atoms with E-state index >= 15 is 4.39 Å². The summed E-state index contributed by atoms with van der Waals surface area (Å²) in [5.41, 5.74) is -0.182. The number of likely N-dealkylation sites (tertiary alicyclic amines) is 1. The van der Waals surface area contributed by atoms with E-state index < -0.39 is 29.2 Å². The SMILES string of the molecule is CNCCCC(=O)N1CCCC([C@@](O)(CCCNC(=O)O)c2cccc(F)c2-c2cc(C)cc(F)c2)C1. The molecule has 2 aromatic rings. The summed E-state index contributed by atoms with van der Waals surface area (Å²) in [6.07, 6.45) is 1.67. The van der Waals surface area contributed by atoms with Crippen LogP contribution in [0.4, 0.5) is 13.6 Å². The number of benzene rings is 2. The highest BCUT2D eigenvalue weighted by atomic mass is 19.1. The van der Waals surface area contributed by atoms with Crippen LogP contribution < -0.4 is 10.6 Å². The van der Waals surface area contributed by atoms with Gasteiger partial charge in [-0.1, -0.05) is 18.2 Å². The molecule has 1 aliphatic rings. The molecule has 0 bridgehead atoms. The van der Waals surface area contributed by atoms with Gasteiger partial charge >= 0.3 is 6.09 Å². The van der Waals surface area contributed by atoms with E-state index in [9.17, 15) is 19.1 Å². The lowest BCUT2D eigenvalue weighted by atomic mass is 9.72. The summed E-state index contributed by atoms with van der Waals surface area (Å²) in [6, 6.07) is 8.73. The van der Waals surface area contributed by atoms with Crippen molar-refractivity contribution in [3.8, 4) is 11.1 Å². The first-order valence-electron chi connectivity index (χ1n) is 12.8. The first kappa shape index (κ1) is 28.5. The van der Waals surface area contributed by atoms with Crippen LogP contribution in [-0.2, 0) is 10.4 Å². The predicted molar refractivity (Wildman–Crippen MR) is 138 cm³/mol. The maximum absolute atomic E-state index is 15.4. The summed E-state index contributed by atoms with van der Waals surface area (Å²) < 4.78 is 29.7. The van der Waals surface area contributed by atoms with Gasteiger partial charge in [-0.05, 0) is 87.5 Å². The number of hydrogen-bond acceptors (Lipinski definition) is 4. The fraction of sp³-hybridized carbons (Fsp3) is 0.500. The number of nitrogens with zero attached hydrogens (tertiary/aromatic N) is 1. The molecule has 0 aromatic heterocycles. The standard InChI is InChI=1S/C28H37F2N3O4/c1-19-15-20(17-22(29)16-19)26-23(8-3-9-24(26)30)28(37,11-6-13-32-27(35)36)21-7-5-14-33(18-21)25(34)10-4-12-31-2/h3,8-9,15-17,21,31-32,37H,4-7,10-14,18H2,1-2H3,(H,35,36)/t21?,28-/m0/s1. The lowest BCUT2D eigenvalue weighted by Gasteiger charge is -2.43. The van der Waals surface area contributed by atoms with Crippen molar-refractivity contribution in [2.75, 3.05) is 33.2 Å². The van der Waals surface area contributed by atoms with Gasteiger partial charge < -0.3 is 25.7 Å². The smallest absolute Gasteiger partial charge is 0.404 e. The van der Waals surface area contributed by atoms with Crippen LogP contribution in [0.2, 0.25) is 0 Å². The molecule has 0 saturated carbocycles. The van der Waals surface area contributed by atoms with Gasteiger partial charge in [0, 0.05) is 37.5 Å². The molecule has 202 valence electrons. The molecule has 1 unspecified atom stereocenters. The van der Waals surface area contributed by atoms with Crippen molar-refractivity contribution in [1.29, 1.82) is 0 Å². The molecule has 0 radical (unpaired) electrons. The number of amides is 2. The highest BCUT2D eigenvalue weighted by Gasteiger charge is 2.43. The Morgan fingerprint density at radius 1 is 1.16 bits per heavy atom. The van der Waals surface area contributed by atoms with Gasteiger partial charge in [-0.2, -0.15) is 0 Å². The molecule has 9 heteroatoms. The van der Waals surface area contributed by atoms with Crippen molar-refractivity contribution >= 4 is 12.0 Å². The minimum atomic E-state index is -1.57. The number of aryl methyl sites for hydroxylation is 1. The minimum Gasteiger partial charge on any atom is -0.465 e. The van der Waals surface area contributed by atoms with Gasteiger partial charge in [-0.25, -0.2) is 13.6 Å². The third-order valence-corrected chi connectivity index (χ3v) is 7.09. The fourth-order valence-electron chi connectivity index (χ4n) is 5.34. The number of carbonyl (C=O) groups is 2. The van der Waals surface area contributed by atoms with Crippen LogP contribution in [0.3, 0.4) is 0 Å². The molecule has 1 saturated heterocycles. The number of piperidine rings is 1. The van der Waals surface area contributed by atoms with Crippen LogP contribution in [-0.4, -0.2) is 60.3 Å². The Morgan fingerprint density at radius 2 is 1.95 bits per heavy atom. The largest absolute Gasteiger partial charge is 0.465 e. The topological polar surface area (TPSA) is 102 Å². The summed E-state index contributed by atoms with van der Waals surface area (Å²) in [6.45, 7) is 3.45. The summed E-state index contributed by atoms with van der Waals surface area (Å²) in [7, 11) is 1.83. The molecular weight excluding hydrogens is 480 g/mol. The Kier molecular flexibility index (Phi) is 10.00. The lowest BCUT2D eigenvalue weighted by Crippen LogP contribution is -2.48. The number of halogens is 2. The maximum Gasteiger partial charge on any atom is 0.404 e. The Bertz CT molecular complexity index is 1080. The van der Waals surface area contributed by atoms with Gasteiger partial charge in [0.25, 0.3) is 0 Å². The Balaban J connectivity index is 2.01. The third-order valence-electron chi connectivity index (χ3n) is 7.09. The second-order valence-electron chi connectivity index (χ2n) is 9.83. The summed E-state index contributed by atoms with van der Waals surface area (Å²) >= 11 is 0. The molecule has 4 N–H and O–H groups in total. The van der Waals surface area contributed by atoms with Crippen molar-refractivity contribution in [2.45, 2.75) is 51.0 Å². The molecule has 1 aliphatic heterocycles. The van der Waals surface area contributed by atoms with Crippen LogP contribution in [0.25, 0.3) is 11.1 Å². The number of hydrogen-bond donors (Lipinski definition) is 4. The molecule has 3 rings (SSSR count). The third kappa shape index (κ3) is 7.26. The normalized spacial score (nSPS) is 17.3. The average Bonchev–Trinajstić information content (AvgIpc) is 2.85. The number of carboxylic acid groups (broad SMARTS) is 1. The lowest BCUT2D eigenvalue weighted by molar-refractivity contribution is -0.136. The number of carbonyl (C=O) groups excluding carboxylic acids is 1. The molecular formula is C28H37F2N3O4. The van der Waals surface area contributed by atoms with Crippen molar-refractivity contribution in [3.63, 3.8) is 0 Å². The molecule has 2 atom stereocenters. The van der Waals surface area contributed by atoms with Gasteiger partial charge in [-0.3, -0.25) is 4.79 Å². The van der Waals surface area contributed by atoms with Crippen LogP contribution in [0, 0.1) is 24.5 Å². The van der Waals surface area contributed by atoms with E-state index in [1.165, 1.54) is 24.3 Å². The Hall–Kier alpha value is -3.04. The van der Waals surface area contributed by atoms with Crippen molar-refractivity contribution in [1.82, 2.24) is 15.5 Å². The van der Waals surface area contributed by atoms with E-state index in [0.29, 0.717) is 61.9 Å². The summed E-state index contributed by atoms with van der Waals surface area (Å²) in [5.74, 6) is -1.49. The molecule has 0 spiro atoms. The van der Waals surface area contributed by atoms with Crippen LogP contribution >= 0.6 is 0 Å². The highest BCUT2D eigenvalue weighted by molar-refractivity contribution is 5.76. The van der Waals surface area contributed by atoms with Crippen molar-refractivity contribution in [3.05, 3.63) is 59.2 Å². The predicted octanol–water partition coefficient (Wildman–Crippen LogP) is 4.41. The average molecular weight is 518 g/mol. The summed E-state index contributed by atoms with van der Waals surface area (Å²) in [5, 5.41) is 26.6. The van der Waals surface area contributed by atoms with E-state index in [4.69, 9.17) is 5.11 Å². The Morgan fingerprint density at radius 3 is 2.65 bits per heavy atom. The molecule has 7 nitrogen and oxygen atoms in total. The van der Waals surface area contributed by atoms with Crippen LogP contribution in [0.5, 0.6) is 0 Å². The van der Waals surface area contributed by atoms with E-state index in [1.807, 2.05) is 7.05 Å². The molecule has 2 aromatic carbocycles. The molecule has 1 heterocycles.